The molecule has 1 aromatic rings. The number of carbonyl (C=O) groups is 2. The van der Waals surface area contributed by atoms with Crippen molar-refractivity contribution in [3.63, 3.8) is 0 Å². The number of hydrogen-bond acceptors (Lipinski definition) is 3. The summed E-state index contributed by atoms with van der Waals surface area (Å²) in [6, 6.07) is 1.45. The van der Waals surface area contributed by atoms with Crippen molar-refractivity contribution in [2.75, 3.05) is 13.1 Å². The third kappa shape index (κ3) is 2.46. The zero-order valence-corrected chi connectivity index (χ0v) is 9.61. The molecular weight excluding hydrogens is 222 g/mol. The molecule has 0 radical (unpaired) electrons. The van der Waals surface area contributed by atoms with Gasteiger partial charge in [0.15, 0.2) is 0 Å². The van der Waals surface area contributed by atoms with Gasteiger partial charge in [0.05, 0.1) is 6.42 Å². The number of carboxylic acids is 1. The van der Waals surface area contributed by atoms with E-state index in [1.54, 1.807) is 35.0 Å². The molecule has 1 N–H and O–H groups in total. The highest BCUT2D eigenvalue weighted by Crippen LogP contribution is 2.22. The molecule has 1 amide bonds. The van der Waals surface area contributed by atoms with E-state index in [9.17, 15) is 9.59 Å². The minimum Gasteiger partial charge on any atom is -0.481 e. The van der Waals surface area contributed by atoms with Gasteiger partial charge in [-0.3, -0.25) is 14.3 Å². The van der Waals surface area contributed by atoms with Gasteiger partial charge in [-0.15, -0.1) is 0 Å². The molecular formula is C11H15N3O3. The van der Waals surface area contributed by atoms with Crippen LogP contribution in [0.25, 0.3) is 0 Å². The van der Waals surface area contributed by atoms with Crippen molar-refractivity contribution in [2.24, 2.45) is 5.92 Å². The van der Waals surface area contributed by atoms with Crippen LogP contribution in [0.1, 0.15) is 19.4 Å². The molecule has 6 nitrogen and oxygen atoms in total. The van der Waals surface area contributed by atoms with E-state index in [-0.39, 0.29) is 24.3 Å². The SMILES string of the molecule is CC(C(=O)N1CC(CC(=O)O)C1)n1cccn1. The lowest BCUT2D eigenvalue weighted by molar-refractivity contribution is -0.146. The van der Waals surface area contributed by atoms with Gasteiger partial charge in [-0.1, -0.05) is 0 Å². The fourth-order valence-electron chi connectivity index (χ4n) is 2.01. The second-order valence-electron chi connectivity index (χ2n) is 4.37. The van der Waals surface area contributed by atoms with E-state index in [1.165, 1.54) is 0 Å². The second-order valence-corrected chi connectivity index (χ2v) is 4.37. The molecule has 0 aliphatic carbocycles. The summed E-state index contributed by atoms with van der Waals surface area (Å²) in [6.07, 6.45) is 3.52. The first-order valence-electron chi connectivity index (χ1n) is 5.57. The lowest BCUT2D eigenvalue weighted by Crippen LogP contribution is -2.52. The maximum absolute atomic E-state index is 12.0. The maximum Gasteiger partial charge on any atom is 0.303 e. The van der Waals surface area contributed by atoms with Gasteiger partial charge < -0.3 is 10.0 Å². The maximum atomic E-state index is 12.0. The van der Waals surface area contributed by atoms with Crippen LogP contribution in [-0.2, 0) is 9.59 Å². The summed E-state index contributed by atoms with van der Waals surface area (Å²) < 4.78 is 1.60. The van der Waals surface area contributed by atoms with Gasteiger partial charge in [0.1, 0.15) is 6.04 Å². The molecule has 1 aromatic heterocycles. The molecule has 0 bridgehead atoms. The number of rotatable bonds is 4. The monoisotopic (exact) mass is 237 g/mol. The van der Waals surface area contributed by atoms with E-state index in [2.05, 4.69) is 5.10 Å². The Balaban J connectivity index is 1.85. The lowest BCUT2D eigenvalue weighted by atomic mass is 9.95. The van der Waals surface area contributed by atoms with Crippen LogP contribution in [0.3, 0.4) is 0 Å². The van der Waals surface area contributed by atoms with Gasteiger partial charge >= 0.3 is 5.97 Å². The third-order valence-corrected chi connectivity index (χ3v) is 3.01. The predicted molar refractivity (Wildman–Crippen MR) is 59.3 cm³/mol. The summed E-state index contributed by atoms with van der Waals surface area (Å²) in [7, 11) is 0. The summed E-state index contributed by atoms with van der Waals surface area (Å²) in [5.74, 6) is -0.709. The molecule has 1 atom stereocenters. The largest absolute Gasteiger partial charge is 0.481 e. The number of carboxylic acid groups (broad SMARTS) is 1. The number of aromatic nitrogens is 2. The van der Waals surface area contributed by atoms with Gasteiger partial charge in [0.2, 0.25) is 5.91 Å². The minimum absolute atomic E-state index is 0.00432. The van der Waals surface area contributed by atoms with Crippen molar-refractivity contribution in [1.29, 1.82) is 0 Å². The van der Waals surface area contributed by atoms with Crippen LogP contribution in [-0.4, -0.2) is 44.8 Å². The fraction of sp³-hybridized carbons (Fsp3) is 0.545. The van der Waals surface area contributed by atoms with Gasteiger partial charge in [-0.05, 0) is 13.0 Å². The molecule has 1 aliphatic rings. The van der Waals surface area contributed by atoms with Gasteiger partial charge in [-0.25, -0.2) is 0 Å². The van der Waals surface area contributed by atoms with E-state index >= 15 is 0 Å². The van der Waals surface area contributed by atoms with E-state index < -0.39 is 5.97 Å². The molecule has 1 fully saturated rings. The molecule has 2 heterocycles. The Kier molecular flexibility index (Phi) is 3.12. The van der Waals surface area contributed by atoms with Crippen LogP contribution in [0.4, 0.5) is 0 Å². The van der Waals surface area contributed by atoms with Crippen molar-refractivity contribution in [1.82, 2.24) is 14.7 Å². The Morgan fingerprint density at radius 3 is 2.76 bits per heavy atom. The van der Waals surface area contributed by atoms with Crippen molar-refractivity contribution < 1.29 is 14.7 Å². The number of carbonyl (C=O) groups excluding carboxylic acids is 1. The smallest absolute Gasteiger partial charge is 0.303 e. The molecule has 6 heteroatoms. The standard InChI is InChI=1S/C11H15N3O3/c1-8(14-4-2-3-12-14)11(17)13-6-9(7-13)5-10(15)16/h2-4,8-9H,5-7H2,1H3,(H,15,16). The Hall–Kier alpha value is -1.85. The Labute approximate surface area is 98.8 Å². The quantitative estimate of drug-likeness (QED) is 0.821. The first-order chi connectivity index (χ1) is 8.08. The zero-order valence-electron chi connectivity index (χ0n) is 9.61. The molecule has 17 heavy (non-hydrogen) atoms. The molecule has 0 spiro atoms. The van der Waals surface area contributed by atoms with Crippen LogP contribution < -0.4 is 0 Å². The number of amides is 1. The van der Waals surface area contributed by atoms with Gasteiger partial charge in [0.25, 0.3) is 0 Å². The van der Waals surface area contributed by atoms with Gasteiger partial charge in [-0.2, -0.15) is 5.10 Å². The van der Waals surface area contributed by atoms with Crippen LogP contribution in [0.15, 0.2) is 18.5 Å². The second kappa shape index (κ2) is 4.57. The number of likely N-dealkylation sites (tertiary alicyclic amines) is 1. The molecule has 1 saturated heterocycles. The summed E-state index contributed by atoms with van der Waals surface area (Å²) in [5, 5.41) is 12.6. The van der Waals surface area contributed by atoms with Crippen LogP contribution in [0.2, 0.25) is 0 Å². The molecule has 1 aliphatic heterocycles. The highest BCUT2D eigenvalue weighted by atomic mass is 16.4. The average Bonchev–Trinajstić information content (AvgIpc) is 2.73. The number of nitrogens with zero attached hydrogens (tertiary/aromatic N) is 3. The summed E-state index contributed by atoms with van der Waals surface area (Å²) in [4.78, 5) is 24.1. The van der Waals surface area contributed by atoms with Crippen LogP contribution >= 0.6 is 0 Å². The minimum atomic E-state index is -0.803. The summed E-state index contributed by atoms with van der Waals surface area (Å²) >= 11 is 0. The normalized spacial score (nSPS) is 17.6. The van der Waals surface area contributed by atoms with Crippen LogP contribution in [0, 0.1) is 5.92 Å². The summed E-state index contributed by atoms with van der Waals surface area (Å²) in [6.45, 7) is 2.87. The molecule has 1 unspecified atom stereocenters. The average molecular weight is 237 g/mol. The highest BCUT2D eigenvalue weighted by Gasteiger charge is 2.34. The van der Waals surface area contributed by atoms with E-state index in [0.717, 1.165) is 0 Å². The molecule has 2 rings (SSSR count). The Morgan fingerprint density at radius 1 is 1.53 bits per heavy atom. The lowest BCUT2D eigenvalue weighted by Gasteiger charge is -2.39. The number of aliphatic carboxylic acids is 1. The van der Waals surface area contributed by atoms with Crippen LogP contribution in [0.5, 0.6) is 0 Å². The van der Waals surface area contributed by atoms with Crippen molar-refractivity contribution in [3.8, 4) is 0 Å². The predicted octanol–water partition coefficient (Wildman–Crippen LogP) is 0.377. The Bertz CT molecular complexity index is 410. The summed E-state index contributed by atoms with van der Waals surface area (Å²) in [5.41, 5.74) is 0. The van der Waals surface area contributed by atoms with Crippen molar-refractivity contribution >= 4 is 11.9 Å². The fourth-order valence-corrected chi connectivity index (χ4v) is 2.01. The van der Waals surface area contributed by atoms with Crippen molar-refractivity contribution in [2.45, 2.75) is 19.4 Å². The van der Waals surface area contributed by atoms with E-state index in [0.29, 0.717) is 13.1 Å². The first kappa shape index (κ1) is 11.6. The molecule has 92 valence electrons. The third-order valence-electron chi connectivity index (χ3n) is 3.01. The first-order valence-corrected chi connectivity index (χ1v) is 5.57. The highest BCUT2D eigenvalue weighted by molar-refractivity contribution is 5.81. The van der Waals surface area contributed by atoms with E-state index in [1.807, 2.05) is 0 Å². The molecule has 0 saturated carbocycles. The zero-order chi connectivity index (χ0) is 12.4. The van der Waals surface area contributed by atoms with Gasteiger partial charge in [0, 0.05) is 31.4 Å². The van der Waals surface area contributed by atoms with E-state index in [4.69, 9.17) is 5.11 Å². The Morgan fingerprint density at radius 2 is 2.24 bits per heavy atom. The topological polar surface area (TPSA) is 75.4 Å². The number of hydrogen-bond donors (Lipinski definition) is 1. The molecule has 0 aromatic carbocycles. The van der Waals surface area contributed by atoms with Crippen molar-refractivity contribution in [3.05, 3.63) is 18.5 Å².